The summed E-state index contributed by atoms with van der Waals surface area (Å²) in [5, 5.41) is 15.1. The second-order valence-electron chi connectivity index (χ2n) is 24.9. The number of pyridine rings is 2. The number of aliphatic carboxylic acids is 1. The molecular formula is C70H84F6N6O8. The van der Waals surface area contributed by atoms with E-state index in [0.717, 1.165) is 62.2 Å². The zero-order chi connectivity index (χ0) is 66.0. The molecule has 2 aliphatic rings. The van der Waals surface area contributed by atoms with Crippen LogP contribution in [0.5, 0.6) is 0 Å². The number of hydrogen-bond acceptors (Lipinski definition) is 9. The summed E-state index contributed by atoms with van der Waals surface area (Å²) in [4.78, 5) is 83.0. The molecule has 0 radical (unpaired) electrons. The number of hydrogen-bond donors (Lipinski definition) is 3. The Balaban J connectivity index is 0.000000256. The van der Waals surface area contributed by atoms with Gasteiger partial charge in [0.2, 0.25) is 11.8 Å². The van der Waals surface area contributed by atoms with Gasteiger partial charge in [-0.2, -0.15) is 0 Å². The van der Waals surface area contributed by atoms with Crippen LogP contribution in [-0.2, 0) is 36.8 Å². The van der Waals surface area contributed by atoms with E-state index < -0.39 is 102 Å². The molecule has 4 aromatic carbocycles. The molecule has 6 aromatic rings. The number of aryl methyl sites for hydroxylation is 6. The van der Waals surface area contributed by atoms with Crippen LogP contribution in [-0.4, -0.2) is 106 Å². The quantitative estimate of drug-likeness (QED) is 0.0370. The predicted molar refractivity (Wildman–Crippen MR) is 336 cm³/mol. The highest BCUT2D eigenvalue weighted by molar-refractivity contribution is 5.83. The lowest BCUT2D eigenvalue weighted by molar-refractivity contribution is -0.144. The molecule has 484 valence electrons. The van der Waals surface area contributed by atoms with Gasteiger partial charge in [0.15, 0.2) is 23.3 Å². The SMILES string of the molecule is CCOC(=O)C[C@H](NC(=O)C(CC(C)C)n1cc(CCN2CC(F)C2)c(C)cc1=O)c1cc(-c2c(C)cccc2C)cc(F)c1F.Cc1cc(=O)n(C(CC(C)C)C(=O)N[C@@H](CC(=O)O)c2cc(-c3c(C)cccc3C)cc(F)c2F)cc1CCN1CC(F)C1. The third kappa shape index (κ3) is 17.6. The van der Waals surface area contributed by atoms with Crippen molar-refractivity contribution in [3.05, 3.63) is 185 Å². The van der Waals surface area contributed by atoms with Crippen molar-refractivity contribution < 1.29 is 55.4 Å². The average Bonchev–Trinajstić information content (AvgIpc) is 0.835. The number of halogens is 6. The number of carbonyl (C=O) groups excluding carboxylic acids is 3. The second-order valence-corrected chi connectivity index (χ2v) is 24.9. The maximum Gasteiger partial charge on any atom is 0.308 e. The number of nitrogens with zero attached hydrogens (tertiary/aromatic N) is 4. The van der Waals surface area contributed by atoms with Crippen molar-refractivity contribution in [2.45, 2.75) is 151 Å². The first-order chi connectivity index (χ1) is 42.5. The molecule has 4 atom stereocenters. The average molecular weight is 1250 g/mol. The normalized spacial score (nSPS) is 15.1. The van der Waals surface area contributed by atoms with E-state index in [0.29, 0.717) is 68.8 Å². The fraction of sp³-hybridized carbons (Fsp3) is 0.457. The smallest absolute Gasteiger partial charge is 0.308 e. The monoisotopic (exact) mass is 1250 g/mol. The molecular weight excluding hydrogens is 1170 g/mol. The van der Waals surface area contributed by atoms with E-state index in [1.54, 1.807) is 26.2 Å². The summed E-state index contributed by atoms with van der Waals surface area (Å²) >= 11 is 0. The van der Waals surface area contributed by atoms with Gasteiger partial charge in [0.05, 0.1) is 31.5 Å². The van der Waals surface area contributed by atoms with E-state index in [-0.39, 0.29) is 48.0 Å². The van der Waals surface area contributed by atoms with Gasteiger partial charge in [0.1, 0.15) is 24.4 Å². The Kier molecular flexibility index (Phi) is 23.8. The maximum absolute atomic E-state index is 15.6. The fourth-order valence-corrected chi connectivity index (χ4v) is 12.0. The number of rotatable bonds is 25. The lowest BCUT2D eigenvalue weighted by Crippen LogP contribution is -2.49. The Hall–Kier alpha value is -7.84. The lowest BCUT2D eigenvalue weighted by Gasteiger charge is -2.34. The molecule has 0 spiro atoms. The summed E-state index contributed by atoms with van der Waals surface area (Å²) in [6, 6.07) is 14.4. The molecule has 0 aliphatic carbocycles. The zero-order valence-electron chi connectivity index (χ0n) is 53.3. The summed E-state index contributed by atoms with van der Waals surface area (Å²) in [6.45, 7) is 23.0. The van der Waals surface area contributed by atoms with Gasteiger partial charge >= 0.3 is 11.9 Å². The molecule has 90 heavy (non-hydrogen) atoms. The van der Waals surface area contributed by atoms with E-state index in [4.69, 9.17) is 4.74 Å². The van der Waals surface area contributed by atoms with E-state index in [9.17, 15) is 42.7 Å². The Labute approximate surface area is 522 Å². The van der Waals surface area contributed by atoms with Crippen molar-refractivity contribution in [1.82, 2.24) is 29.6 Å². The topological polar surface area (TPSA) is 172 Å². The van der Waals surface area contributed by atoms with Crippen LogP contribution in [0.25, 0.3) is 22.3 Å². The first-order valence-electron chi connectivity index (χ1n) is 30.8. The number of carbonyl (C=O) groups is 4. The van der Waals surface area contributed by atoms with Gasteiger partial charge in [-0.25, -0.2) is 26.3 Å². The molecule has 4 heterocycles. The number of nitrogens with one attached hydrogen (secondary N) is 2. The van der Waals surface area contributed by atoms with Gasteiger partial charge in [-0.05, 0) is 177 Å². The van der Waals surface area contributed by atoms with Gasteiger partial charge in [0, 0.05) is 74.9 Å². The minimum atomic E-state index is -1.41. The van der Waals surface area contributed by atoms with E-state index >= 15 is 17.6 Å². The summed E-state index contributed by atoms with van der Waals surface area (Å²) < 4.78 is 95.6. The second kappa shape index (κ2) is 30.8. The number of likely N-dealkylation sites (tertiary alicyclic amines) is 2. The molecule has 20 heteroatoms. The molecule has 0 bridgehead atoms. The van der Waals surface area contributed by atoms with Gasteiger partial charge in [-0.15, -0.1) is 0 Å². The van der Waals surface area contributed by atoms with Crippen LogP contribution in [0.15, 0.2) is 94.8 Å². The van der Waals surface area contributed by atoms with Gasteiger partial charge in [-0.1, -0.05) is 64.1 Å². The highest BCUT2D eigenvalue weighted by Crippen LogP contribution is 2.36. The zero-order valence-corrected chi connectivity index (χ0v) is 53.3. The van der Waals surface area contributed by atoms with Crippen LogP contribution in [0.2, 0.25) is 0 Å². The van der Waals surface area contributed by atoms with Crippen molar-refractivity contribution in [2.24, 2.45) is 11.8 Å². The number of esters is 1. The standard InChI is InChI=1S/C36H44F3N3O4.C34H40F3N3O4/c1-7-46-33(44)17-30(28-15-26(16-29(38)35(28)39)34-22(4)9-8-10-23(34)5)40-36(45)31(13-21(2)3)42-18-25(24(6)14-32(42)43)11-12-41-19-27(37)20-41;1-19(2)11-29(40-16-23(22(5)12-30(40)41)9-10-39-17-25(35)18-39)34(44)38-28(15-31(42)43)26-13-24(14-27(36)33(26)37)32-20(3)7-6-8-21(32)4/h8-10,14-16,18,21,27,30-31H,7,11-13,17,19-20H2,1-6H3,(H,40,45);6-8,12-14,16,19,25,28-29H,9-11,15,17-18H2,1-5H3,(H,38,44)(H,42,43)/t30-,31?;28-,29?/m00/s1. The Morgan fingerprint density at radius 1 is 0.567 bits per heavy atom. The van der Waals surface area contributed by atoms with Crippen LogP contribution in [0.1, 0.15) is 140 Å². The molecule has 2 unspecified atom stereocenters. The van der Waals surface area contributed by atoms with Crippen LogP contribution in [0.4, 0.5) is 26.3 Å². The maximum atomic E-state index is 15.6. The fourth-order valence-electron chi connectivity index (χ4n) is 12.0. The van der Waals surface area contributed by atoms with Crippen molar-refractivity contribution in [3.8, 4) is 22.3 Å². The summed E-state index contributed by atoms with van der Waals surface area (Å²) in [7, 11) is 0. The Bertz CT molecular complexity index is 3670. The number of carboxylic acids is 1. The number of benzene rings is 4. The Morgan fingerprint density at radius 2 is 0.933 bits per heavy atom. The first kappa shape index (κ1) is 69.6. The van der Waals surface area contributed by atoms with E-state index in [1.165, 1.54) is 33.4 Å². The molecule has 0 saturated carbocycles. The summed E-state index contributed by atoms with van der Waals surface area (Å²) in [6.07, 6.45) is 2.12. The minimum Gasteiger partial charge on any atom is -0.481 e. The Morgan fingerprint density at radius 3 is 1.27 bits per heavy atom. The predicted octanol–water partition coefficient (Wildman–Crippen LogP) is 12.1. The lowest BCUT2D eigenvalue weighted by atomic mass is 9.92. The highest BCUT2D eigenvalue weighted by Gasteiger charge is 2.34. The number of alkyl halides is 2. The van der Waals surface area contributed by atoms with Crippen molar-refractivity contribution in [1.29, 1.82) is 0 Å². The van der Waals surface area contributed by atoms with Crippen LogP contribution in [0.3, 0.4) is 0 Å². The van der Waals surface area contributed by atoms with Crippen molar-refractivity contribution in [3.63, 3.8) is 0 Å². The third-order valence-electron chi connectivity index (χ3n) is 16.8. The van der Waals surface area contributed by atoms with Crippen LogP contribution < -0.4 is 21.8 Å². The molecule has 2 saturated heterocycles. The van der Waals surface area contributed by atoms with Crippen LogP contribution >= 0.6 is 0 Å². The van der Waals surface area contributed by atoms with Gasteiger partial charge in [-0.3, -0.25) is 38.6 Å². The number of amides is 2. The van der Waals surface area contributed by atoms with Crippen molar-refractivity contribution >= 4 is 23.8 Å². The number of ether oxygens (including phenoxy) is 1. The highest BCUT2D eigenvalue weighted by atomic mass is 19.2. The molecule has 2 aromatic heterocycles. The molecule has 14 nitrogen and oxygen atoms in total. The number of aromatic nitrogens is 2. The third-order valence-corrected chi connectivity index (χ3v) is 16.8. The van der Waals surface area contributed by atoms with E-state index in [1.807, 2.05) is 109 Å². The molecule has 2 amide bonds. The first-order valence-corrected chi connectivity index (χ1v) is 30.8. The summed E-state index contributed by atoms with van der Waals surface area (Å²) in [5.74, 6) is -8.05. The summed E-state index contributed by atoms with van der Waals surface area (Å²) in [5.41, 5.74) is 7.44. The minimum absolute atomic E-state index is 0.0139. The molecule has 3 N–H and O–H groups in total. The van der Waals surface area contributed by atoms with Gasteiger partial charge < -0.3 is 29.6 Å². The molecule has 8 rings (SSSR count). The largest absolute Gasteiger partial charge is 0.481 e. The van der Waals surface area contributed by atoms with Crippen molar-refractivity contribution in [2.75, 3.05) is 45.9 Å². The molecule has 2 aliphatic heterocycles. The van der Waals surface area contributed by atoms with E-state index in [2.05, 4.69) is 10.6 Å². The van der Waals surface area contributed by atoms with Gasteiger partial charge in [0.25, 0.3) is 11.1 Å². The van der Waals surface area contributed by atoms with Crippen LogP contribution in [0, 0.1) is 76.6 Å². The number of carboxylic acid groups (broad SMARTS) is 1. The molecule has 2 fully saturated rings.